The molecule has 8 heteroatoms. The highest BCUT2D eigenvalue weighted by molar-refractivity contribution is 14.0. The lowest BCUT2D eigenvalue weighted by molar-refractivity contribution is 0.369. The minimum atomic E-state index is 0. The van der Waals surface area contributed by atoms with Crippen molar-refractivity contribution in [1.82, 2.24) is 20.8 Å². The number of hydrogen-bond donors (Lipinski definition) is 2. The minimum absolute atomic E-state index is 0. The average molecular weight is 512 g/mol. The summed E-state index contributed by atoms with van der Waals surface area (Å²) in [6.07, 6.45) is 2.75. The number of rotatable bonds is 8. The van der Waals surface area contributed by atoms with Crippen molar-refractivity contribution < 1.29 is 4.52 Å². The lowest BCUT2D eigenvalue weighted by Crippen LogP contribution is -2.44. The molecule has 1 unspecified atom stereocenters. The Labute approximate surface area is 190 Å². The van der Waals surface area contributed by atoms with Crippen molar-refractivity contribution in [1.29, 1.82) is 0 Å². The third-order valence-corrected chi connectivity index (χ3v) is 4.81. The van der Waals surface area contributed by atoms with E-state index in [2.05, 4.69) is 76.8 Å². The van der Waals surface area contributed by atoms with Crippen LogP contribution in [0.5, 0.6) is 0 Å². The quantitative estimate of drug-likeness (QED) is 0.244. The van der Waals surface area contributed by atoms with E-state index < -0.39 is 0 Å². The van der Waals surface area contributed by atoms with Crippen molar-refractivity contribution >= 4 is 35.6 Å². The first-order valence-electron chi connectivity index (χ1n) is 10.3. The van der Waals surface area contributed by atoms with Gasteiger partial charge >= 0.3 is 0 Å². The largest absolute Gasteiger partial charge is 0.369 e. The van der Waals surface area contributed by atoms with Crippen LogP contribution in [0.4, 0.5) is 5.69 Å². The van der Waals surface area contributed by atoms with Crippen molar-refractivity contribution in [3.8, 4) is 0 Å². The highest BCUT2D eigenvalue weighted by atomic mass is 127. The van der Waals surface area contributed by atoms with Crippen molar-refractivity contribution in [2.24, 2.45) is 4.99 Å². The summed E-state index contributed by atoms with van der Waals surface area (Å²) in [5.41, 5.74) is 1.29. The molecule has 1 saturated heterocycles. The maximum atomic E-state index is 5.30. The summed E-state index contributed by atoms with van der Waals surface area (Å²) in [7, 11) is 0. The number of nitrogens with zero attached hydrogens (tertiary/aromatic N) is 4. The molecular weight excluding hydrogens is 479 g/mol. The van der Waals surface area contributed by atoms with Crippen LogP contribution in [0.25, 0.3) is 0 Å². The van der Waals surface area contributed by atoms with Crippen LogP contribution < -0.4 is 15.5 Å². The maximum absolute atomic E-state index is 5.30. The Bertz CT molecular complexity index is 749. The van der Waals surface area contributed by atoms with E-state index in [1.54, 1.807) is 0 Å². The number of halogens is 1. The van der Waals surface area contributed by atoms with Gasteiger partial charge in [-0.05, 0) is 31.9 Å². The van der Waals surface area contributed by atoms with Gasteiger partial charge in [-0.3, -0.25) is 4.99 Å². The number of aromatic nitrogens is 2. The van der Waals surface area contributed by atoms with Crippen LogP contribution in [0.1, 0.15) is 51.2 Å². The molecule has 29 heavy (non-hydrogen) atoms. The molecule has 3 rings (SSSR count). The van der Waals surface area contributed by atoms with E-state index in [0.717, 1.165) is 57.2 Å². The molecule has 0 radical (unpaired) electrons. The van der Waals surface area contributed by atoms with Crippen LogP contribution in [-0.2, 0) is 6.42 Å². The van der Waals surface area contributed by atoms with E-state index in [-0.39, 0.29) is 24.0 Å². The zero-order valence-electron chi connectivity index (χ0n) is 17.6. The molecule has 0 aliphatic carbocycles. The van der Waals surface area contributed by atoms with E-state index in [1.807, 2.05) is 0 Å². The molecule has 2 N–H and O–H groups in total. The topological polar surface area (TPSA) is 78.6 Å². The number of aryl methyl sites for hydroxylation is 1. The normalized spacial score (nSPS) is 16.8. The predicted molar refractivity (Wildman–Crippen MR) is 128 cm³/mol. The second-order valence-electron chi connectivity index (χ2n) is 7.48. The van der Waals surface area contributed by atoms with Gasteiger partial charge in [0.25, 0.3) is 0 Å². The van der Waals surface area contributed by atoms with Gasteiger partial charge in [0, 0.05) is 50.2 Å². The smallest absolute Gasteiger partial charge is 0.226 e. The zero-order valence-corrected chi connectivity index (χ0v) is 19.9. The van der Waals surface area contributed by atoms with Gasteiger partial charge in [0.15, 0.2) is 11.8 Å². The number of guanidine groups is 1. The Balaban J connectivity index is 0.00000300. The minimum Gasteiger partial charge on any atom is -0.369 e. The van der Waals surface area contributed by atoms with Crippen LogP contribution >= 0.6 is 24.0 Å². The second-order valence-corrected chi connectivity index (χ2v) is 7.48. The molecule has 0 amide bonds. The molecule has 1 fully saturated rings. The molecule has 0 bridgehead atoms. The number of para-hydroxylation sites is 1. The molecule has 1 aromatic carbocycles. The number of nitrogens with one attached hydrogen (secondary N) is 2. The number of anilines is 1. The van der Waals surface area contributed by atoms with E-state index in [4.69, 9.17) is 9.52 Å². The molecule has 160 valence electrons. The third kappa shape index (κ3) is 7.17. The summed E-state index contributed by atoms with van der Waals surface area (Å²) in [6, 6.07) is 11.0. The van der Waals surface area contributed by atoms with E-state index in [9.17, 15) is 0 Å². The van der Waals surface area contributed by atoms with Crippen molar-refractivity contribution in [3.63, 3.8) is 0 Å². The predicted octanol–water partition coefficient (Wildman–Crippen LogP) is 3.58. The van der Waals surface area contributed by atoms with Crippen LogP contribution in [0, 0.1) is 0 Å². The fourth-order valence-corrected chi connectivity index (χ4v) is 3.29. The van der Waals surface area contributed by atoms with Gasteiger partial charge in [-0.15, -0.1) is 24.0 Å². The van der Waals surface area contributed by atoms with E-state index in [0.29, 0.717) is 17.9 Å². The molecule has 0 spiro atoms. The van der Waals surface area contributed by atoms with Crippen LogP contribution in [-0.4, -0.2) is 48.3 Å². The fraction of sp³-hybridized carbons (Fsp3) is 0.571. The first kappa shape index (κ1) is 23.4. The van der Waals surface area contributed by atoms with Crippen LogP contribution in [0.3, 0.4) is 0 Å². The summed E-state index contributed by atoms with van der Waals surface area (Å²) in [5, 5.41) is 10.9. The summed E-state index contributed by atoms with van der Waals surface area (Å²) in [5.74, 6) is 2.65. The van der Waals surface area contributed by atoms with Crippen molar-refractivity contribution in [2.75, 3.05) is 31.1 Å². The third-order valence-electron chi connectivity index (χ3n) is 4.81. The molecule has 0 saturated carbocycles. The highest BCUT2D eigenvalue weighted by Crippen LogP contribution is 2.19. The molecular formula is C21H33IN6O. The van der Waals surface area contributed by atoms with Gasteiger partial charge in [0.05, 0.1) is 0 Å². The van der Waals surface area contributed by atoms with Gasteiger partial charge in [-0.25, -0.2) is 0 Å². The molecule has 1 aliphatic rings. The van der Waals surface area contributed by atoms with Gasteiger partial charge in [0.2, 0.25) is 5.89 Å². The Kier molecular flexibility index (Phi) is 9.69. The van der Waals surface area contributed by atoms with Crippen LogP contribution in [0.15, 0.2) is 39.8 Å². The number of hydrogen-bond acceptors (Lipinski definition) is 5. The van der Waals surface area contributed by atoms with Gasteiger partial charge in [-0.2, -0.15) is 4.98 Å². The summed E-state index contributed by atoms with van der Waals surface area (Å²) >= 11 is 0. The van der Waals surface area contributed by atoms with Crippen molar-refractivity contribution in [3.05, 3.63) is 42.0 Å². The highest BCUT2D eigenvalue weighted by Gasteiger charge is 2.23. The van der Waals surface area contributed by atoms with E-state index >= 15 is 0 Å². The Morgan fingerprint density at radius 3 is 2.79 bits per heavy atom. The summed E-state index contributed by atoms with van der Waals surface area (Å²) in [6.45, 7) is 9.86. The lowest BCUT2D eigenvalue weighted by Gasteiger charge is -2.20. The first-order valence-corrected chi connectivity index (χ1v) is 10.3. The fourth-order valence-electron chi connectivity index (χ4n) is 3.29. The maximum Gasteiger partial charge on any atom is 0.226 e. The molecule has 2 heterocycles. The molecule has 1 atom stereocenters. The molecule has 7 nitrogen and oxygen atoms in total. The van der Waals surface area contributed by atoms with Gasteiger partial charge in [-0.1, -0.05) is 37.2 Å². The van der Waals surface area contributed by atoms with Crippen molar-refractivity contribution in [2.45, 2.75) is 52.0 Å². The molecule has 1 aromatic heterocycles. The standard InChI is InChI=1S/C21H32N6O.HI/c1-4-22-21(23-13-8-11-19-25-20(16(2)3)26-28-19)24-17-12-14-27(15-17)18-9-6-5-7-10-18;/h5-7,9-10,16-17H,4,8,11-15H2,1-3H3,(H2,22,23,24);1H. The van der Waals surface area contributed by atoms with Gasteiger partial charge < -0.3 is 20.1 Å². The number of benzene rings is 1. The Hall–Kier alpha value is -1.84. The lowest BCUT2D eigenvalue weighted by atomic mass is 10.2. The monoisotopic (exact) mass is 512 g/mol. The number of aliphatic imine (C=N–C) groups is 1. The van der Waals surface area contributed by atoms with E-state index in [1.165, 1.54) is 5.69 Å². The Morgan fingerprint density at radius 2 is 2.10 bits per heavy atom. The molecule has 1 aliphatic heterocycles. The van der Waals surface area contributed by atoms with Gasteiger partial charge in [0.1, 0.15) is 0 Å². The SMILES string of the molecule is CCNC(=NCCCc1nc(C(C)C)no1)NC1CCN(c2ccccc2)C1.I. The summed E-state index contributed by atoms with van der Waals surface area (Å²) < 4.78 is 5.30. The van der Waals surface area contributed by atoms with Crippen LogP contribution in [0.2, 0.25) is 0 Å². The summed E-state index contributed by atoms with van der Waals surface area (Å²) in [4.78, 5) is 11.6. The average Bonchev–Trinajstić information content (AvgIpc) is 3.36. The Morgan fingerprint density at radius 1 is 1.31 bits per heavy atom. The zero-order chi connectivity index (χ0) is 19.8. The second kappa shape index (κ2) is 12.0. The molecule has 2 aromatic rings. The first-order chi connectivity index (χ1) is 13.7.